The van der Waals surface area contributed by atoms with Gasteiger partial charge in [0.1, 0.15) is 6.04 Å². The molecule has 3 N–H and O–H groups in total. The second kappa shape index (κ2) is 3.31. The minimum atomic E-state index is -0.949. The smallest absolute Gasteiger partial charge is 0.321 e. The van der Waals surface area contributed by atoms with Crippen molar-refractivity contribution in [3.63, 3.8) is 0 Å². The first-order valence-electron chi connectivity index (χ1n) is 4.98. The molecule has 1 aliphatic rings. The highest BCUT2D eigenvalue weighted by atomic mass is 16.4. The Bertz CT molecular complexity index is 382. The highest BCUT2D eigenvalue weighted by Crippen LogP contribution is 2.49. The summed E-state index contributed by atoms with van der Waals surface area (Å²) < 4.78 is 0. The molecule has 80 valence electrons. The Morgan fingerprint density at radius 2 is 2.27 bits per heavy atom. The van der Waals surface area contributed by atoms with Gasteiger partial charge >= 0.3 is 5.97 Å². The predicted octanol–water partition coefficient (Wildman–Crippen LogP) is 0.834. The fourth-order valence-corrected chi connectivity index (χ4v) is 1.86. The standard InChI is InChI=1S/C11H14N2O2/c1-7-2-3-8(13-6-7)11(4-5-11)9(12)10(14)15/h2-3,6,9H,4-5,12H2,1H3,(H,14,15). The van der Waals surface area contributed by atoms with Crippen LogP contribution in [0.5, 0.6) is 0 Å². The number of pyridine rings is 1. The Hall–Kier alpha value is -1.42. The molecule has 4 heteroatoms. The highest BCUT2D eigenvalue weighted by Gasteiger charge is 2.53. The van der Waals surface area contributed by atoms with Crippen LogP contribution < -0.4 is 5.73 Å². The van der Waals surface area contributed by atoms with Gasteiger partial charge in [-0.25, -0.2) is 0 Å². The van der Waals surface area contributed by atoms with Crippen molar-refractivity contribution >= 4 is 5.97 Å². The summed E-state index contributed by atoms with van der Waals surface area (Å²) in [5, 5.41) is 8.92. The summed E-state index contributed by atoms with van der Waals surface area (Å²) >= 11 is 0. The van der Waals surface area contributed by atoms with Crippen molar-refractivity contribution in [2.75, 3.05) is 0 Å². The van der Waals surface area contributed by atoms with Crippen LogP contribution in [0.15, 0.2) is 18.3 Å². The lowest BCUT2D eigenvalue weighted by Crippen LogP contribution is -2.42. The molecule has 2 rings (SSSR count). The van der Waals surface area contributed by atoms with E-state index in [0.29, 0.717) is 0 Å². The van der Waals surface area contributed by atoms with E-state index in [1.54, 1.807) is 6.20 Å². The van der Waals surface area contributed by atoms with Gasteiger partial charge in [-0.3, -0.25) is 9.78 Å². The van der Waals surface area contributed by atoms with E-state index in [4.69, 9.17) is 10.8 Å². The molecule has 15 heavy (non-hydrogen) atoms. The zero-order chi connectivity index (χ0) is 11.1. The lowest BCUT2D eigenvalue weighted by atomic mass is 9.92. The van der Waals surface area contributed by atoms with Crippen LogP contribution in [0.2, 0.25) is 0 Å². The number of nitrogens with two attached hydrogens (primary N) is 1. The molecule has 0 bridgehead atoms. The molecule has 0 radical (unpaired) electrons. The largest absolute Gasteiger partial charge is 0.480 e. The van der Waals surface area contributed by atoms with Crippen molar-refractivity contribution in [2.45, 2.75) is 31.2 Å². The summed E-state index contributed by atoms with van der Waals surface area (Å²) in [7, 11) is 0. The Balaban J connectivity index is 2.30. The number of aryl methyl sites for hydroxylation is 1. The number of carboxylic acid groups (broad SMARTS) is 1. The van der Waals surface area contributed by atoms with Gasteiger partial charge in [-0.1, -0.05) is 6.07 Å². The van der Waals surface area contributed by atoms with Crippen LogP contribution in [0, 0.1) is 6.92 Å². The van der Waals surface area contributed by atoms with Crippen molar-refractivity contribution < 1.29 is 9.90 Å². The van der Waals surface area contributed by atoms with Gasteiger partial charge in [0.15, 0.2) is 0 Å². The van der Waals surface area contributed by atoms with E-state index in [1.165, 1.54) is 0 Å². The molecule has 1 atom stereocenters. The number of nitrogens with zero attached hydrogens (tertiary/aromatic N) is 1. The maximum atomic E-state index is 10.9. The number of hydrogen-bond donors (Lipinski definition) is 2. The van der Waals surface area contributed by atoms with E-state index in [9.17, 15) is 4.79 Å². The molecule has 0 saturated heterocycles. The average Bonchev–Trinajstić information content (AvgIpc) is 2.99. The molecule has 1 aromatic rings. The molecule has 1 fully saturated rings. The van der Waals surface area contributed by atoms with Gasteiger partial charge in [0, 0.05) is 17.3 Å². The van der Waals surface area contributed by atoms with Crippen molar-refractivity contribution in [1.29, 1.82) is 0 Å². The van der Waals surface area contributed by atoms with Gasteiger partial charge < -0.3 is 10.8 Å². The van der Waals surface area contributed by atoms with Crippen LogP contribution >= 0.6 is 0 Å². The number of carboxylic acids is 1. The van der Waals surface area contributed by atoms with E-state index in [1.807, 2.05) is 19.1 Å². The molecule has 0 amide bonds. The van der Waals surface area contributed by atoms with Crippen LogP contribution in [0.4, 0.5) is 0 Å². The Kier molecular flexibility index (Phi) is 2.23. The Morgan fingerprint density at radius 1 is 1.60 bits per heavy atom. The molecule has 1 heterocycles. The minimum Gasteiger partial charge on any atom is -0.480 e. The third-order valence-electron chi connectivity index (χ3n) is 3.07. The molecular formula is C11H14N2O2. The quantitative estimate of drug-likeness (QED) is 0.768. The fourth-order valence-electron chi connectivity index (χ4n) is 1.86. The van der Waals surface area contributed by atoms with E-state index in [-0.39, 0.29) is 0 Å². The van der Waals surface area contributed by atoms with Gasteiger partial charge in [-0.2, -0.15) is 0 Å². The summed E-state index contributed by atoms with van der Waals surface area (Å²) in [5.74, 6) is -0.949. The first-order chi connectivity index (χ1) is 7.06. The van der Waals surface area contributed by atoms with Crippen LogP contribution in [0.3, 0.4) is 0 Å². The van der Waals surface area contributed by atoms with E-state index >= 15 is 0 Å². The van der Waals surface area contributed by atoms with E-state index in [0.717, 1.165) is 24.1 Å². The van der Waals surface area contributed by atoms with Crippen molar-refractivity contribution in [3.8, 4) is 0 Å². The molecule has 4 nitrogen and oxygen atoms in total. The normalized spacial score (nSPS) is 19.6. The summed E-state index contributed by atoms with van der Waals surface area (Å²) in [6.45, 7) is 1.95. The average molecular weight is 206 g/mol. The van der Waals surface area contributed by atoms with Crippen LogP contribution in [0.1, 0.15) is 24.1 Å². The van der Waals surface area contributed by atoms with E-state index in [2.05, 4.69) is 4.98 Å². The van der Waals surface area contributed by atoms with Crippen molar-refractivity contribution in [3.05, 3.63) is 29.6 Å². The van der Waals surface area contributed by atoms with Crippen LogP contribution in [0.25, 0.3) is 0 Å². The topological polar surface area (TPSA) is 76.2 Å². The lowest BCUT2D eigenvalue weighted by molar-refractivity contribution is -0.139. The molecule has 1 saturated carbocycles. The van der Waals surface area contributed by atoms with Crippen LogP contribution in [-0.2, 0) is 10.2 Å². The number of carbonyl (C=O) groups is 1. The SMILES string of the molecule is Cc1ccc(C2(C(N)C(=O)O)CC2)nc1. The molecule has 1 unspecified atom stereocenters. The first-order valence-corrected chi connectivity index (χ1v) is 4.98. The number of rotatable bonds is 3. The van der Waals surface area contributed by atoms with Gasteiger partial charge in [-0.05, 0) is 31.4 Å². The fraction of sp³-hybridized carbons (Fsp3) is 0.455. The highest BCUT2D eigenvalue weighted by molar-refractivity contribution is 5.76. The monoisotopic (exact) mass is 206 g/mol. The Morgan fingerprint density at radius 3 is 2.67 bits per heavy atom. The number of aromatic nitrogens is 1. The molecule has 0 aliphatic heterocycles. The third-order valence-corrected chi connectivity index (χ3v) is 3.07. The molecular weight excluding hydrogens is 192 g/mol. The minimum absolute atomic E-state index is 0.417. The zero-order valence-electron chi connectivity index (χ0n) is 8.60. The summed E-state index contributed by atoms with van der Waals surface area (Å²) in [6, 6.07) is 2.98. The lowest BCUT2D eigenvalue weighted by Gasteiger charge is -2.18. The maximum absolute atomic E-state index is 10.9. The first kappa shape index (κ1) is 10.1. The van der Waals surface area contributed by atoms with Gasteiger partial charge in [0.2, 0.25) is 0 Å². The van der Waals surface area contributed by atoms with E-state index < -0.39 is 17.4 Å². The zero-order valence-corrected chi connectivity index (χ0v) is 8.60. The van der Waals surface area contributed by atoms with Crippen LogP contribution in [-0.4, -0.2) is 22.1 Å². The second-order valence-electron chi connectivity index (χ2n) is 4.19. The Labute approximate surface area is 88.1 Å². The maximum Gasteiger partial charge on any atom is 0.321 e. The molecule has 1 aliphatic carbocycles. The summed E-state index contributed by atoms with van der Waals surface area (Å²) in [6.07, 6.45) is 3.39. The number of hydrogen-bond acceptors (Lipinski definition) is 3. The number of aliphatic carboxylic acids is 1. The molecule has 1 aromatic heterocycles. The predicted molar refractivity (Wildman–Crippen MR) is 55.5 cm³/mol. The van der Waals surface area contributed by atoms with Crippen molar-refractivity contribution in [1.82, 2.24) is 4.98 Å². The summed E-state index contributed by atoms with van der Waals surface area (Å²) in [4.78, 5) is 15.1. The molecule has 0 aromatic carbocycles. The van der Waals surface area contributed by atoms with Gasteiger partial charge in [0.05, 0.1) is 0 Å². The second-order valence-corrected chi connectivity index (χ2v) is 4.19. The molecule has 0 spiro atoms. The van der Waals surface area contributed by atoms with Gasteiger partial charge in [0.25, 0.3) is 0 Å². The third kappa shape index (κ3) is 1.61. The summed E-state index contributed by atoms with van der Waals surface area (Å²) in [5.41, 5.74) is 7.15. The van der Waals surface area contributed by atoms with Gasteiger partial charge in [-0.15, -0.1) is 0 Å². The van der Waals surface area contributed by atoms with Crippen molar-refractivity contribution in [2.24, 2.45) is 5.73 Å².